The molecule has 0 aromatic carbocycles. The molecule has 0 bridgehead atoms. The van der Waals surface area contributed by atoms with Crippen molar-refractivity contribution in [1.82, 2.24) is 0 Å². The molecule has 0 amide bonds. The molecule has 4 unspecified atom stereocenters. The van der Waals surface area contributed by atoms with E-state index < -0.39 is 24.4 Å². The molecule has 0 spiro atoms. The normalized spacial score (nSPS) is 12.1. The molecule has 14 nitrogen and oxygen atoms in total. The first-order valence-corrected chi connectivity index (χ1v) is 13.1. The number of rotatable bonds is 27. The molecule has 0 aliphatic heterocycles. The van der Waals surface area contributed by atoms with Gasteiger partial charge in [-0.3, -0.25) is 0 Å². The predicted molar refractivity (Wildman–Crippen MR) is 145 cm³/mol. The molecule has 4 atom stereocenters. The van der Waals surface area contributed by atoms with Crippen LogP contribution in [0, 0.1) is 28.4 Å². The first-order valence-electron chi connectivity index (χ1n) is 13.1. The van der Waals surface area contributed by atoms with Crippen LogP contribution in [-0.4, -0.2) is 148 Å². The monoisotopic (exact) mass is 2190 g/mol. The van der Waals surface area contributed by atoms with Crippen molar-refractivity contribution in [3.8, 4) is 0 Å². The van der Waals surface area contributed by atoms with Crippen LogP contribution >= 0.6 is 0 Å². The second kappa shape index (κ2) is 54.5. The Kier molecular flexibility index (Phi) is 74.5. The number of aliphatic hydroxyl groups excluding tert-OH is 6. The Morgan fingerprint density at radius 1 is 0.370 bits per heavy atom. The van der Waals surface area contributed by atoms with Gasteiger partial charge in [-0.15, -0.1) is 0 Å². The van der Waals surface area contributed by atoms with Crippen LogP contribution in [0.1, 0.15) is 25.7 Å². The van der Waals surface area contributed by atoms with E-state index in [1.807, 2.05) is 0 Å². The first kappa shape index (κ1) is 62.9. The van der Waals surface area contributed by atoms with Crippen molar-refractivity contribution in [2.24, 2.45) is 0 Å². The fourth-order valence-electron chi connectivity index (χ4n) is 2.43. The van der Waals surface area contributed by atoms with Gasteiger partial charge in [-0.25, -0.2) is 28.4 Å². The van der Waals surface area contributed by atoms with Crippen molar-refractivity contribution in [1.29, 1.82) is 0 Å². The molecule has 0 radical (unpaired) electrons. The number of aliphatic hydroxyl groups is 6. The predicted octanol–water partition coefficient (Wildman–Crippen LogP) is -0.753. The molecule has 0 aromatic heterocycles. The van der Waals surface area contributed by atoms with E-state index in [4.69, 9.17) is 39.4 Å². The Morgan fingerprint density at radius 3 is 0.913 bits per heavy atom. The van der Waals surface area contributed by atoms with Crippen molar-refractivity contribution in [3.63, 3.8) is 0 Å². The summed E-state index contributed by atoms with van der Waals surface area (Å²) in [7, 11) is 12.6. The summed E-state index contributed by atoms with van der Waals surface area (Å²) >= 11 is 0. The Hall–Kier alpha value is -6.56. The van der Waals surface area contributed by atoms with E-state index in [1.165, 1.54) is 0 Å². The van der Waals surface area contributed by atoms with E-state index in [2.05, 4.69) is 47.4 Å². The fraction of sp³-hybridized carbons (Fsp3) is 0.846. The second-order valence-electron chi connectivity index (χ2n) is 8.20. The van der Waals surface area contributed by atoms with Gasteiger partial charge in [0, 0.05) is 52.9 Å². The topological polar surface area (TPSA) is 195 Å². The molecule has 0 aliphatic carbocycles. The smallest absolute Gasteiger partial charge is 0.0976 e. The van der Waals surface area contributed by atoms with E-state index in [0.717, 1.165) is 12.8 Å². The number of hydrogen-bond acceptors (Lipinski definition) is 14. The summed E-state index contributed by atoms with van der Waals surface area (Å²) < 4.78 is 38.2. The van der Waals surface area contributed by atoms with Gasteiger partial charge in [0.1, 0.15) is 0 Å². The molecule has 46 heavy (non-hydrogen) atoms. The zero-order valence-corrected chi connectivity index (χ0v) is 66.5. The van der Waals surface area contributed by atoms with Crippen LogP contribution in [0.5, 0.6) is 0 Å². The molecule has 0 saturated heterocycles. The van der Waals surface area contributed by atoms with Crippen molar-refractivity contribution in [2.45, 2.75) is 50.1 Å². The van der Waals surface area contributed by atoms with Crippen LogP contribution in [0.15, 0.2) is 0 Å². The van der Waals surface area contributed by atoms with E-state index in [1.54, 1.807) is 0 Å². The van der Waals surface area contributed by atoms with Crippen LogP contribution in [-0.2, 0) is 37.9 Å². The average Bonchev–Trinajstić information content (AvgIpc) is 2.91. The van der Waals surface area contributed by atoms with E-state index in [-0.39, 0.29) is 66.1 Å². The summed E-state index contributed by atoms with van der Waals surface area (Å²) in [6, 6.07) is 0. The van der Waals surface area contributed by atoms with Gasteiger partial charge in [0.2, 0.25) is 0 Å². The van der Waals surface area contributed by atoms with Crippen LogP contribution in [0.2, 0.25) is 0 Å². The molecule has 0 saturated carbocycles. The second-order valence-corrected chi connectivity index (χ2v) is 8.20. The number of hydrogen-bond donors (Lipinski definition) is 6. The molecule has 0 fully saturated rings. The van der Waals surface area contributed by atoms with Gasteiger partial charge in [-0.1, -0.05) is 0 Å². The van der Waals surface area contributed by atoms with E-state index >= 15 is 0 Å². The van der Waals surface area contributed by atoms with Crippen molar-refractivity contribution in [3.05, 3.63) is 28.4 Å². The third-order valence-electron chi connectivity index (χ3n) is 4.35. The van der Waals surface area contributed by atoms with Crippen LogP contribution in [0.4, 0.5) is 0 Å². The van der Waals surface area contributed by atoms with Gasteiger partial charge < -0.3 is 68.5 Å². The summed E-state index contributed by atoms with van der Waals surface area (Å²) in [6.45, 7) is 3.91. The summed E-state index contributed by atoms with van der Waals surface area (Å²) in [5.74, 6) is 0. The zero-order chi connectivity index (χ0) is 30.7. The zero-order valence-electron chi connectivity index (χ0n) is 28.1. The summed E-state index contributed by atoms with van der Waals surface area (Å²) in [5.41, 5.74) is 0. The van der Waals surface area contributed by atoms with Crippen molar-refractivity contribution in [2.75, 3.05) is 92.5 Å². The molecule has 20 heteroatoms. The summed E-state index contributed by atoms with van der Waals surface area (Å²) in [5, 5.41) is 53.0. The molecular formula is C26H54O14Rf6-4. The van der Waals surface area contributed by atoms with Gasteiger partial charge in [0.15, 0.2) is 0 Å². The van der Waals surface area contributed by atoms with Crippen LogP contribution in [0.25, 0.3) is 0 Å². The van der Waals surface area contributed by atoms with Gasteiger partial charge >= 0.3 is 0 Å². The number of unbranched alkanes of at least 4 members (excludes halogenated alkanes) is 1. The summed E-state index contributed by atoms with van der Waals surface area (Å²) in [6.07, 6.45) is 0.609. The molecule has 6 N–H and O–H groups in total. The Labute approximate surface area is 240 Å². The minimum absolute atomic E-state index is 0. The average molecular weight is 2190 g/mol. The standard InChI is InChI=1S/C14H28O6.2C6H13O4.6Rf/c1-17-11-13(15)5-9-19-7-3-4-8-20-10-6-14(16)12-18-2;2*1-9-4-6(8)5-10-3-2-7;;;;;;/h13-16H,1-12H2;2*6-8H,1-5H2;;;;;;/q-2;2*-1;;;;;;. The van der Waals surface area contributed by atoms with Gasteiger partial charge in [-0.2, -0.15) is 0 Å². The van der Waals surface area contributed by atoms with E-state index in [0.29, 0.717) is 39.3 Å². The third-order valence-corrected chi connectivity index (χ3v) is 4.35. The Balaban J connectivity index is -0.0000000651. The van der Waals surface area contributed by atoms with Gasteiger partial charge in [0.05, 0.1) is 64.1 Å². The largest absolute Gasteiger partial charge is 0.553 e. The quantitative estimate of drug-likeness (QED) is 0.0445. The van der Waals surface area contributed by atoms with Crippen LogP contribution in [0.3, 0.4) is 0 Å². The minimum atomic E-state index is -0.649. The van der Waals surface area contributed by atoms with Gasteiger partial charge in [-0.05, 0) is 25.7 Å². The van der Waals surface area contributed by atoms with Gasteiger partial charge in [0.25, 0.3) is 0 Å². The fourth-order valence-corrected chi connectivity index (χ4v) is 2.43. The molecule has 258 valence electrons. The molecule has 0 aliphatic rings. The maximum Gasteiger partial charge on any atom is 0.0976 e. The molecule has 0 aromatic rings. The summed E-state index contributed by atoms with van der Waals surface area (Å²) in [4.78, 5) is 0. The maximum atomic E-state index is 9.33. The minimum Gasteiger partial charge on any atom is -0.553 e. The Morgan fingerprint density at radius 2 is 0.652 bits per heavy atom. The number of ether oxygens (including phenoxy) is 8. The molecule has 0 heterocycles. The van der Waals surface area contributed by atoms with Crippen molar-refractivity contribution >= 4 is 0 Å². The maximum absolute atomic E-state index is 9.33. The van der Waals surface area contributed by atoms with E-state index in [9.17, 15) is 10.2 Å². The Bertz CT molecular complexity index is 424. The first-order chi connectivity index (χ1) is 19.3. The molecular weight excluding hydrogens is 2140 g/mol. The molecule has 0 rings (SSSR count). The van der Waals surface area contributed by atoms with Crippen molar-refractivity contribution < 1.29 is 68.5 Å². The van der Waals surface area contributed by atoms with Crippen LogP contribution < -0.4 is 0 Å². The third kappa shape index (κ3) is 61.5. The SMILES string of the molecule is [CH2-]OCC(O)CCOCCCCOCCC(O)CO[CH2-].[CH2-]OCC(O)COCCO.[CH2-]OCC(O)COCCO.[Rf].[Rf].[Rf].[Rf].[Rf].[Rf].